The lowest BCUT2D eigenvalue weighted by molar-refractivity contribution is 0.294. The van der Waals surface area contributed by atoms with Crippen LogP contribution in [0.25, 0.3) is 16.5 Å². The molecule has 0 N–H and O–H groups in total. The highest BCUT2D eigenvalue weighted by molar-refractivity contribution is 5.80. The number of hydrogen-bond acceptors (Lipinski definition) is 3. The monoisotopic (exact) mass is 331 g/mol. The molecule has 25 heavy (non-hydrogen) atoms. The summed E-state index contributed by atoms with van der Waals surface area (Å²) in [5.74, 6) is 0. The SMILES string of the molecule is Cc1ccc2c(CN3CC=C(c4ccccc4)CC3)cc(=O)oc2c1. The van der Waals surface area contributed by atoms with Gasteiger partial charge in [0.1, 0.15) is 5.58 Å². The third-order valence-electron chi connectivity index (χ3n) is 4.82. The fraction of sp³-hybridized carbons (Fsp3) is 0.227. The molecule has 0 atom stereocenters. The summed E-state index contributed by atoms with van der Waals surface area (Å²) in [5, 5.41) is 1.03. The minimum absolute atomic E-state index is 0.273. The average molecular weight is 331 g/mol. The summed E-state index contributed by atoms with van der Waals surface area (Å²) < 4.78 is 5.36. The minimum atomic E-state index is -0.273. The van der Waals surface area contributed by atoms with Gasteiger partial charge in [-0.2, -0.15) is 0 Å². The lowest BCUT2D eigenvalue weighted by atomic mass is 9.99. The second kappa shape index (κ2) is 6.69. The van der Waals surface area contributed by atoms with E-state index in [1.807, 2.05) is 19.1 Å². The van der Waals surface area contributed by atoms with E-state index in [0.717, 1.165) is 42.6 Å². The van der Waals surface area contributed by atoms with Crippen LogP contribution in [0, 0.1) is 6.92 Å². The van der Waals surface area contributed by atoms with E-state index in [-0.39, 0.29) is 5.63 Å². The van der Waals surface area contributed by atoms with Crippen molar-refractivity contribution in [3.63, 3.8) is 0 Å². The maximum Gasteiger partial charge on any atom is 0.336 e. The first-order valence-corrected chi connectivity index (χ1v) is 8.69. The Morgan fingerprint density at radius 2 is 1.92 bits per heavy atom. The van der Waals surface area contributed by atoms with Crippen molar-refractivity contribution in [1.29, 1.82) is 0 Å². The van der Waals surface area contributed by atoms with Crippen molar-refractivity contribution in [1.82, 2.24) is 4.90 Å². The van der Waals surface area contributed by atoms with Gasteiger partial charge in [-0.25, -0.2) is 4.79 Å². The van der Waals surface area contributed by atoms with Crippen LogP contribution in [-0.4, -0.2) is 18.0 Å². The number of nitrogens with zero attached hydrogens (tertiary/aromatic N) is 1. The summed E-state index contributed by atoms with van der Waals surface area (Å²) in [6.45, 7) is 4.67. The van der Waals surface area contributed by atoms with Crippen molar-refractivity contribution in [2.24, 2.45) is 0 Å². The molecule has 0 aliphatic carbocycles. The van der Waals surface area contributed by atoms with Crippen LogP contribution in [0.15, 0.2) is 69.9 Å². The minimum Gasteiger partial charge on any atom is -0.423 e. The van der Waals surface area contributed by atoms with E-state index >= 15 is 0 Å². The van der Waals surface area contributed by atoms with Gasteiger partial charge >= 0.3 is 5.63 Å². The van der Waals surface area contributed by atoms with Crippen molar-refractivity contribution in [3.8, 4) is 0 Å². The van der Waals surface area contributed by atoms with Crippen LogP contribution in [0.3, 0.4) is 0 Å². The smallest absolute Gasteiger partial charge is 0.336 e. The first-order chi connectivity index (χ1) is 12.2. The quantitative estimate of drug-likeness (QED) is 0.667. The first-order valence-electron chi connectivity index (χ1n) is 8.69. The largest absolute Gasteiger partial charge is 0.423 e. The predicted octanol–water partition coefficient (Wildman–Crippen LogP) is 4.39. The third kappa shape index (κ3) is 3.42. The Balaban J connectivity index is 1.57. The summed E-state index contributed by atoms with van der Waals surface area (Å²) >= 11 is 0. The second-order valence-electron chi connectivity index (χ2n) is 6.67. The van der Waals surface area contributed by atoms with Crippen molar-refractivity contribution in [2.75, 3.05) is 13.1 Å². The lowest BCUT2D eigenvalue weighted by Gasteiger charge is -2.26. The molecule has 0 saturated carbocycles. The molecule has 3 heteroatoms. The zero-order valence-corrected chi connectivity index (χ0v) is 14.4. The van der Waals surface area contributed by atoms with Gasteiger partial charge in [-0.15, -0.1) is 0 Å². The van der Waals surface area contributed by atoms with E-state index in [9.17, 15) is 4.79 Å². The molecule has 0 unspecified atom stereocenters. The molecule has 0 spiro atoms. The molecule has 1 aliphatic rings. The van der Waals surface area contributed by atoms with Gasteiger partial charge in [0.15, 0.2) is 0 Å². The van der Waals surface area contributed by atoms with Crippen molar-refractivity contribution in [3.05, 3.63) is 87.8 Å². The predicted molar refractivity (Wildman–Crippen MR) is 102 cm³/mol. The van der Waals surface area contributed by atoms with E-state index in [2.05, 4.69) is 47.4 Å². The molecule has 126 valence electrons. The van der Waals surface area contributed by atoms with E-state index in [1.54, 1.807) is 6.07 Å². The van der Waals surface area contributed by atoms with Crippen LogP contribution < -0.4 is 5.63 Å². The Morgan fingerprint density at radius 1 is 1.08 bits per heavy atom. The van der Waals surface area contributed by atoms with Gasteiger partial charge in [-0.1, -0.05) is 48.5 Å². The van der Waals surface area contributed by atoms with Gasteiger partial charge in [0.25, 0.3) is 0 Å². The maximum atomic E-state index is 11.9. The molecule has 0 amide bonds. The molecule has 0 bridgehead atoms. The van der Waals surface area contributed by atoms with Crippen molar-refractivity contribution < 1.29 is 4.42 Å². The van der Waals surface area contributed by atoms with Gasteiger partial charge in [0, 0.05) is 31.1 Å². The summed E-state index contributed by atoms with van der Waals surface area (Å²) in [4.78, 5) is 14.3. The van der Waals surface area contributed by atoms with Gasteiger partial charge < -0.3 is 4.42 Å². The van der Waals surface area contributed by atoms with Gasteiger partial charge in [-0.05, 0) is 41.7 Å². The van der Waals surface area contributed by atoms with Crippen LogP contribution in [0.1, 0.15) is 23.1 Å². The average Bonchev–Trinajstić information content (AvgIpc) is 2.62. The highest BCUT2D eigenvalue weighted by Crippen LogP contribution is 2.25. The number of aryl methyl sites for hydroxylation is 1. The fourth-order valence-electron chi connectivity index (χ4n) is 3.48. The molecule has 2 aromatic carbocycles. The van der Waals surface area contributed by atoms with Crippen LogP contribution >= 0.6 is 0 Å². The van der Waals surface area contributed by atoms with Gasteiger partial charge in [0.2, 0.25) is 0 Å². The van der Waals surface area contributed by atoms with E-state index in [4.69, 9.17) is 4.42 Å². The Bertz CT molecular complexity index is 986. The number of benzene rings is 2. The van der Waals surface area contributed by atoms with Crippen molar-refractivity contribution >= 4 is 16.5 Å². The third-order valence-corrected chi connectivity index (χ3v) is 4.82. The lowest BCUT2D eigenvalue weighted by Crippen LogP contribution is -2.28. The van der Waals surface area contributed by atoms with Gasteiger partial charge in [0.05, 0.1) is 0 Å². The Kier molecular flexibility index (Phi) is 4.24. The number of hydrogen-bond donors (Lipinski definition) is 0. The molecule has 0 saturated heterocycles. The number of fused-ring (bicyclic) bond motifs is 1. The maximum absolute atomic E-state index is 11.9. The Hall–Kier alpha value is -2.65. The molecule has 0 fully saturated rings. The fourth-order valence-corrected chi connectivity index (χ4v) is 3.48. The number of rotatable bonds is 3. The molecular weight excluding hydrogens is 310 g/mol. The van der Waals surface area contributed by atoms with Crippen LogP contribution in [-0.2, 0) is 6.54 Å². The summed E-state index contributed by atoms with van der Waals surface area (Å²) in [6, 6.07) is 18.2. The summed E-state index contributed by atoms with van der Waals surface area (Å²) in [6.07, 6.45) is 3.33. The van der Waals surface area contributed by atoms with E-state index < -0.39 is 0 Å². The molecule has 4 rings (SSSR count). The highest BCUT2D eigenvalue weighted by atomic mass is 16.4. The molecule has 3 aromatic rings. The highest BCUT2D eigenvalue weighted by Gasteiger charge is 2.15. The first kappa shape index (κ1) is 15.9. The summed E-state index contributed by atoms with van der Waals surface area (Å²) in [7, 11) is 0. The normalized spacial score (nSPS) is 15.3. The van der Waals surface area contributed by atoms with Crippen LogP contribution in [0.4, 0.5) is 0 Å². The van der Waals surface area contributed by atoms with Crippen LogP contribution in [0.5, 0.6) is 0 Å². The molecule has 0 radical (unpaired) electrons. The van der Waals surface area contributed by atoms with Crippen LogP contribution in [0.2, 0.25) is 0 Å². The van der Waals surface area contributed by atoms with E-state index in [1.165, 1.54) is 11.1 Å². The zero-order chi connectivity index (χ0) is 17.2. The Labute approximate surface area is 147 Å². The molecule has 2 heterocycles. The van der Waals surface area contributed by atoms with Crippen molar-refractivity contribution in [2.45, 2.75) is 19.9 Å². The van der Waals surface area contributed by atoms with Gasteiger partial charge in [-0.3, -0.25) is 4.90 Å². The Morgan fingerprint density at radius 3 is 2.68 bits per heavy atom. The molecule has 1 aliphatic heterocycles. The standard InChI is InChI=1S/C22H21NO2/c1-16-7-8-20-19(14-22(24)25-21(20)13-16)15-23-11-9-18(10-12-23)17-5-3-2-4-6-17/h2-9,13-14H,10-12,15H2,1H3. The topological polar surface area (TPSA) is 33.5 Å². The van der Waals surface area contributed by atoms with E-state index in [0.29, 0.717) is 5.58 Å². The summed E-state index contributed by atoms with van der Waals surface area (Å²) in [5.41, 5.74) is 5.27. The zero-order valence-electron chi connectivity index (χ0n) is 14.4. The second-order valence-corrected chi connectivity index (χ2v) is 6.67. The molecule has 3 nitrogen and oxygen atoms in total. The molecular formula is C22H21NO2. The molecule has 1 aromatic heterocycles.